The van der Waals surface area contributed by atoms with Crippen molar-refractivity contribution >= 4 is 28.3 Å². The molecule has 1 heterocycles. The second-order valence-electron chi connectivity index (χ2n) is 5.79. The van der Waals surface area contributed by atoms with Gasteiger partial charge in [-0.05, 0) is 18.2 Å². The van der Waals surface area contributed by atoms with E-state index in [1.165, 1.54) is 39.5 Å². The van der Waals surface area contributed by atoms with Gasteiger partial charge in [-0.3, -0.25) is 14.9 Å². The molecule has 29 heavy (non-hydrogen) atoms. The van der Waals surface area contributed by atoms with Crippen LogP contribution in [0.2, 0.25) is 0 Å². The molecule has 10 heteroatoms. The molecule has 2 aromatic carbocycles. The molecule has 0 aliphatic carbocycles. The number of nitro groups is 1. The number of non-ortho nitro benzene ring substituents is 1. The van der Waals surface area contributed by atoms with E-state index in [4.69, 9.17) is 18.6 Å². The third kappa shape index (κ3) is 3.81. The third-order valence-electron chi connectivity index (χ3n) is 4.11. The predicted octanol–water partition coefficient (Wildman–Crippen LogP) is 2.98. The van der Waals surface area contributed by atoms with E-state index < -0.39 is 16.5 Å². The number of rotatable bonds is 6. The summed E-state index contributed by atoms with van der Waals surface area (Å²) in [5.41, 5.74) is -1.27. The molecule has 0 spiro atoms. The van der Waals surface area contributed by atoms with Crippen LogP contribution in [0.15, 0.2) is 45.6 Å². The van der Waals surface area contributed by atoms with Gasteiger partial charge in [0.1, 0.15) is 17.1 Å². The fraction of sp³-hybridized carbons (Fsp3) is 0.158. The van der Waals surface area contributed by atoms with Crippen molar-refractivity contribution in [2.24, 2.45) is 0 Å². The summed E-state index contributed by atoms with van der Waals surface area (Å²) in [5, 5.41) is 13.8. The Balaban J connectivity index is 2.08. The van der Waals surface area contributed by atoms with E-state index in [1.54, 1.807) is 12.1 Å². The summed E-state index contributed by atoms with van der Waals surface area (Å²) in [6, 6.07) is 8.28. The monoisotopic (exact) mass is 400 g/mol. The highest BCUT2D eigenvalue weighted by Gasteiger charge is 2.20. The quantitative estimate of drug-likeness (QED) is 0.380. The van der Waals surface area contributed by atoms with Crippen LogP contribution in [-0.2, 0) is 0 Å². The van der Waals surface area contributed by atoms with Gasteiger partial charge in [0, 0.05) is 17.5 Å². The molecule has 0 radical (unpaired) electrons. The largest absolute Gasteiger partial charge is 0.497 e. The smallest absolute Gasteiger partial charge is 0.349 e. The summed E-state index contributed by atoms with van der Waals surface area (Å²) in [6.45, 7) is 0. The maximum absolute atomic E-state index is 12.7. The number of fused-ring (bicyclic) bond motifs is 1. The van der Waals surface area contributed by atoms with Crippen LogP contribution in [0.4, 0.5) is 11.4 Å². The predicted molar refractivity (Wildman–Crippen MR) is 103 cm³/mol. The molecule has 0 unspecified atom stereocenters. The van der Waals surface area contributed by atoms with Crippen LogP contribution in [0.5, 0.6) is 17.2 Å². The molecular weight excluding hydrogens is 384 g/mol. The Labute approximate surface area is 163 Å². The molecule has 1 aromatic heterocycles. The lowest BCUT2D eigenvalue weighted by Crippen LogP contribution is -2.21. The number of benzene rings is 2. The molecule has 0 bridgehead atoms. The number of anilines is 1. The first-order valence-electron chi connectivity index (χ1n) is 8.21. The second kappa shape index (κ2) is 7.89. The molecule has 1 N–H and O–H groups in total. The zero-order chi connectivity index (χ0) is 21.1. The van der Waals surface area contributed by atoms with Gasteiger partial charge in [-0.2, -0.15) is 0 Å². The number of nitrogens with zero attached hydrogens (tertiary/aromatic N) is 1. The Bertz CT molecular complexity index is 1170. The summed E-state index contributed by atoms with van der Waals surface area (Å²) in [7, 11) is 4.17. The Morgan fingerprint density at radius 3 is 2.38 bits per heavy atom. The van der Waals surface area contributed by atoms with Crippen molar-refractivity contribution in [3.05, 3.63) is 62.5 Å². The Morgan fingerprint density at radius 2 is 1.76 bits per heavy atom. The van der Waals surface area contributed by atoms with Gasteiger partial charge in [-0.1, -0.05) is 0 Å². The van der Waals surface area contributed by atoms with Crippen LogP contribution in [0.1, 0.15) is 10.4 Å². The maximum atomic E-state index is 12.7. The summed E-state index contributed by atoms with van der Waals surface area (Å²) < 4.78 is 20.6. The lowest BCUT2D eigenvalue weighted by Gasteiger charge is -2.12. The molecule has 0 fully saturated rings. The van der Waals surface area contributed by atoms with E-state index >= 15 is 0 Å². The van der Waals surface area contributed by atoms with Crippen molar-refractivity contribution in [1.29, 1.82) is 0 Å². The Kier molecular flexibility index (Phi) is 5.35. The summed E-state index contributed by atoms with van der Waals surface area (Å²) >= 11 is 0. The molecule has 10 nitrogen and oxygen atoms in total. The number of carbonyl (C=O) groups is 1. The minimum Gasteiger partial charge on any atom is -0.497 e. The number of methoxy groups -OCH3 is 3. The fourth-order valence-corrected chi connectivity index (χ4v) is 2.70. The summed E-state index contributed by atoms with van der Waals surface area (Å²) in [4.78, 5) is 35.5. The van der Waals surface area contributed by atoms with Gasteiger partial charge in [-0.15, -0.1) is 0 Å². The van der Waals surface area contributed by atoms with Crippen LogP contribution < -0.4 is 25.2 Å². The van der Waals surface area contributed by atoms with Gasteiger partial charge in [0.05, 0.1) is 38.0 Å². The van der Waals surface area contributed by atoms with E-state index in [2.05, 4.69) is 5.32 Å². The average molecular weight is 400 g/mol. The fourth-order valence-electron chi connectivity index (χ4n) is 2.70. The number of hydrogen-bond donors (Lipinski definition) is 1. The SMILES string of the molecule is COc1ccc(OC)c(NC(=O)c2cc3cc([N+](=O)[O-])cc(OC)c3oc2=O)c1. The maximum Gasteiger partial charge on any atom is 0.349 e. The van der Waals surface area contributed by atoms with Crippen molar-refractivity contribution in [2.75, 3.05) is 26.6 Å². The molecule has 0 saturated carbocycles. The minimum atomic E-state index is -0.927. The first-order chi connectivity index (χ1) is 13.9. The molecule has 3 rings (SSSR count). The lowest BCUT2D eigenvalue weighted by atomic mass is 10.1. The van der Waals surface area contributed by atoms with Gasteiger partial charge < -0.3 is 23.9 Å². The zero-order valence-corrected chi connectivity index (χ0v) is 15.7. The zero-order valence-electron chi connectivity index (χ0n) is 15.7. The number of nitrogens with one attached hydrogen (secondary N) is 1. The molecule has 150 valence electrons. The van der Waals surface area contributed by atoms with Crippen molar-refractivity contribution in [1.82, 2.24) is 0 Å². The Morgan fingerprint density at radius 1 is 1.03 bits per heavy atom. The van der Waals surface area contributed by atoms with Gasteiger partial charge in [-0.25, -0.2) is 4.79 Å². The average Bonchev–Trinajstić information content (AvgIpc) is 2.72. The molecule has 0 aliphatic rings. The molecule has 0 aliphatic heterocycles. The van der Waals surface area contributed by atoms with Crippen LogP contribution in [0.25, 0.3) is 11.0 Å². The van der Waals surface area contributed by atoms with Crippen LogP contribution in [0, 0.1) is 10.1 Å². The molecular formula is C19H16N2O8. The first-order valence-corrected chi connectivity index (χ1v) is 8.21. The topological polar surface area (TPSA) is 130 Å². The van der Waals surface area contributed by atoms with E-state index in [9.17, 15) is 19.7 Å². The third-order valence-corrected chi connectivity index (χ3v) is 4.11. The van der Waals surface area contributed by atoms with Crippen LogP contribution >= 0.6 is 0 Å². The second-order valence-corrected chi connectivity index (χ2v) is 5.79. The number of ether oxygens (including phenoxy) is 3. The molecule has 3 aromatic rings. The van der Waals surface area contributed by atoms with E-state index in [0.29, 0.717) is 11.5 Å². The van der Waals surface area contributed by atoms with E-state index in [1.807, 2.05) is 0 Å². The van der Waals surface area contributed by atoms with Crippen molar-refractivity contribution in [2.45, 2.75) is 0 Å². The normalized spacial score (nSPS) is 10.4. The Hall–Kier alpha value is -4.08. The van der Waals surface area contributed by atoms with Gasteiger partial charge in [0.2, 0.25) is 0 Å². The van der Waals surface area contributed by atoms with Crippen molar-refractivity contribution in [3.63, 3.8) is 0 Å². The van der Waals surface area contributed by atoms with Crippen LogP contribution in [-0.4, -0.2) is 32.2 Å². The molecule has 1 amide bonds. The highest BCUT2D eigenvalue weighted by molar-refractivity contribution is 6.06. The van der Waals surface area contributed by atoms with Crippen molar-refractivity contribution in [3.8, 4) is 17.2 Å². The summed E-state index contributed by atoms with van der Waals surface area (Å²) in [6.07, 6.45) is 0. The highest BCUT2D eigenvalue weighted by atomic mass is 16.6. The minimum absolute atomic E-state index is 0.00129. The summed E-state index contributed by atoms with van der Waals surface area (Å²) in [5.74, 6) is 0.0408. The van der Waals surface area contributed by atoms with Crippen molar-refractivity contribution < 1.29 is 28.3 Å². The van der Waals surface area contributed by atoms with E-state index in [0.717, 1.165) is 6.07 Å². The lowest BCUT2D eigenvalue weighted by molar-refractivity contribution is -0.384. The first kappa shape index (κ1) is 19.7. The number of nitro benzene ring substituents is 1. The number of carbonyl (C=O) groups excluding carboxylic acids is 1. The van der Waals surface area contributed by atoms with Gasteiger partial charge >= 0.3 is 5.63 Å². The highest BCUT2D eigenvalue weighted by Crippen LogP contribution is 2.32. The van der Waals surface area contributed by atoms with Crippen LogP contribution in [0.3, 0.4) is 0 Å². The molecule has 0 saturated heterocycles. The number of amides is 1. The number of hydrogen-bond acceptors (Lipinski definition) is 8. The van der Waals surface area contributed by atoms with Gasteiger partial charge in [0.25, 0.3) is 11.6 Å². The van der Waals surface area contributed by atoms with Gasteiger partial charge in [0.15, 0.2) is 11.3 Å². The molecule has 0 atom stereocenters. The van der Waals surface area contributed by atoms with E-state index in [-0.39, 0.29) is 33.7 Å². The standard InChI is InChI=1S/C19H16N2O8/c1-26-12-4-5-15(27-2)14(9-12)20-18(22)13-7-10-6-11(21(24)25)8-16(28-3)17(10)29-19(13)23/h4-9H,1-3H3,(H,20,22).